The van der Waals surface area contributed by atoms with Crippen molar-refractivity contribution in [1.29, 1.82) is 0 Å². The minimum atomic E-state index is -0.903. The molecule has 0 radical (unpaired) electrons. The van der Waals surface area contributed by atoms with Gasteiger partial charge in [0, 0.05) is 28.4 Å². The second-order valence-corrected chi connectivity index (χ2v) is 8.53. The van der Waals surface area contributed by atoms with E-state index >= 15 is 0 Å². The third-order valence-corrected chi connectivity index (χ3v) is 5.99. The lowest BCUT2D eigenvalue weighted by molar-refractivity contribution is -0.131. The van der Waals surface area contributed by atoms with Crippen LogP contribution < -0.4 is 10.8 Å². The standard InChI is InChI=1S/C21H24N2O4S/c1-21(2,28-3)18(20(26)23-27)22-19(25)15-10-8-14(9-11-15)6-4-5-7-16-12-17(16)13-24/h8-11,16-18,24,27H,12-13H2,1-3H3,(H,22,25)(H,23,26)/t16-,17+,18+/m0/s1. The molecular formula is C21H24N2O4S. The molecule has 1 aromatic rings. The lowest BCUT2D eigenvalue weighted by Gasteiger charge is -2.31. The number of hydrogen-bond acceptors (Lipinski definition) is 5. The Kier molecular flexibility index (Phi) is 7.53. The third kappa shape index (κ3) is 5.77. The van der Waals surface area contributed by atoms with Crippen LogP contribution in [0.5, 0.6) is 0 Å². The maximum Gasteiger partial charge on any atom is 0.267 e. The van der Waals surface area contributed by atoms with Crippen molar-refractivity contribution in [2.45, 2.75) is 31.1 Å². The van der Waals surface area contributed by atoms with Crippen LogP contribution in [-0.2, 0) is 4.79 Å². The fraction of sp³-hybridized carbons (Fsp3) is 0.429. The number of aliphatic hydroxyl groups is 1. The summed E-state index contributed by atoms with van der Waals surface area (Å²) >= 11 is 1.41. The molecule has 0 spiro atoms. The van der Waals surface area contributed by atoms with Crippen LogP contribution >= 0.6 is 11.8 Å². The minimum Gasteiger partial charge on any atom is -0.396 e. The molecule has 6 nitrogen and oxygen atoms in total. The molecule has 0 unspecified atom stereocenters. The van der Waals surface area contributed by atoms with Crippen LogP contribution in [0.1, 0.15) is 36.2 Å². The molecule has 2 amide bonds. The van der Waals surface area contributed by atoms with Crippen LogP contribution in [-0.4, -0.2) is 45.8 Å². The molecule has 7 heteroatoms. The number of benzene rings is 1. The first-order chi connectivity index (χ1) is 13.3. The van der Waals surface area contributed by atoms with Gasteiger partial charge in [0.2, 0.25) is 0 Å². The maximum absolute atomic E-state index is 12.5. The van der Waals surface area contributed by atoms with Crippen molar-refractivity contribution in [2.75, 3.05) is 12.9 Å². The van der Waals surface area contributed by atoms with E-state index in [-0.39, 0.29) is 12.5 Å². The monoisotopic (exact) mass is 400 g/mol. The summed E-state index contributed by atoms with van der Waals surface area (Å²) in [6.45, 7) is 3.79. The zero-order chi connectivity index (χ0) is 20.7. The van der Waals surface area contributed by atoms with Crippen LogP contribution in [0, 0.1) is 35.5 Å². The number of rotatable bonds is 6. The Hall–Kier alpha value is -2.45. The molecule has 28 heavy (non-hydrogen) atoms. The van der Waals surface area contributed by atoms with E-state index in [0.29, 0.717) is 11.5 Å². The average Bonchev–Trinajstić information content (AvgIpc) is 3.47. The predicted molar refractivity (Wildman–Crippen MR) is 109 cm³/mol. The molecular weight excluding hydrogens is 376 g/mol. The number of hydrogen-bond donors (Lipinski definition) is 4. The average molecular weight is 401 g/mol. The fourth-order valence-electron chi connectivity index (χ4n) is 2.52. The molecule has 1 aromatic carbocycles. The van der Waals surface area contributed by atoms with E-state index in [1.54, 1.807) is 29.7 Å². The van der Waals surface area contributed by atoms with Crippen molar-refractivity contribution < 1.29 is 19.9 Å². The van der Waals surface area contributed by atoms with E-state index in [1.807, 2.05) is 20.1 Å². The Morgan fingerprint density at radius 3 is 2.50 bits per heavy atom. The highest BCUT2D eigenvalue weighted by molar-refractivity contribution is 8.00. The topological polar surface area (TPSA) is 98.7 Å². The minimum absolute atomic E-state index is 0.172. The molecule has 148 valence electrons. The van der Waals surface area contributed by atoms with Gasteiger partial charge in [-0.15, -0.1) is 0 Å². The van der Waals surface area contributed by atoms with E-state index < -0.39 is 22.6 Å². The number of carbonyl (C=O) groups is 2. The van der Waals surface area contributed by atoms with Gasteiger partial charge in [0.1, 0.15) is 6.04 Å². The van der Waals surface area contributed by atoms with Crippen molar-refractivity contribution in [3.05, 3.63) is 35.4 Å². The molecule has 4 N–H and O–H groups in total. The highest BCUT2D eigenvalue weighted by atomic mass is 32.2. The van der Waals surface area contributed by atoms with Gasteiger partial charge in [-0.1, -0.05) is 11.8 Å². The molecule has 1 aliphatic carbocycles. The van der Waals surface area contributed by atoms with Gasteiger partial charge in [-0.25, -0.2) is 5.48 Å². The maximum atomic E-state index is 12.5. The first-order valence-corrected chi connectivity index (χ1v) is 10.1. The lowest BCUT2D eigenvalue weighted by Crippen LogP contribution is -2.55. The molecule has 2 rings (SSSR count). The van der Waals surface area contributed by atoms with Crippen LogP contribution in [0.2, 0.25) is 0 Å². The molecule has 0 aromatic heterocycles. The number of nitrogens with one attached hydrogen (secondary N) is 2. The molecule has 0 bridgehead atoms. The van der Waals surface area contributed by atoms with Gasteiger partial charge in [0.05, 0.1) is 0 Å². The van der Waals surface area contributed by atoms with Crippen molar-refractivity contribution in [1.82, 2.24) is 10.8 Å². The molecule has 0 aliphatic heterocycles. The van der Waals surface area contributed by atoms with Crippen molar-refractivity contribution in [3.63, 3.8) is 0 Å². The van der Waals surface area contributed by atoms with Crippen LogP contribution in [0.3, 0.4) is 0 Å². The van der Waals surface area contributed by atoms with Crippen LogP contribution in [0.4, 0.5) is 0 Å². The smallest absolute Gasteiger partial charge is 0.267 e. The number of thioether (sulfide) groups is 1. The summed E-state index contributed by atoms with van der Waals surface area (Å²) in [5.41, 5.74) is 2.71. The Labute approximate surface area is 169 Å². The van der Waals surface area contributed by atoms with Gasteiger partial charge in [-0.05, 0) is 68.5 Å². The van der Waals surface area contributed by atoms with Crippen LogP contribution in [0.15, 0.2) is 24.3 Å². The van der Waals surface area contributed by atoms with Crippen molar-refractivity contribution in [3.8, 4) is 23.7 Å². The number of aliphatic hydroxyl groups excluding tert-OH is 1. The number of carbonyl (C=O) groups excluding carboxylic acids is 2. The summed E-state index contributed by atoms with van der Waals surface area (Å²) in [4.78, 5) is 24.4. The largest absolute Gasteiger partial charge is 0.396 e. The second-order valence-electron chi connectivity index (χ2n) is 7.07. The molecule has 1 fully saturated rings. The van der Waals surface area contributed by atoms with E-state index in [0.717, 1.165) is 12.0 Å². The van der Waals surface area contributed by atoms with Gasteiger partial charge < -0.3 is 10.4 Å². The lowest BCUT2D eigenvalue weighted by atomic mass is 10.0. The summed E-state index contributed by atoms with van der Waals surface area (Å²) < 4.78 is -0.608. The van der Waals surface area contributed by atoms with E-state index in [9.17, 15) is 9.59 Å². The first-order valence-electron chi connectivity index (χ1n) is 8.84. The quantitative estimate of drug-likeness (QED) is 0.329. The molecule has 1 saturated carbocycles. The number of amides is 2. The van der Waals surface area contributed by atoms with Gasteiger partial charge in [0.25, 0.3) is 11.8 Å². The molecule has 3 atom stereocenters. The van der Waals surface area contributed by atoms with Crippen LogP contribution in [0.25, 0.3) is 0 Å². The third-order valence-electron chi connectivity index (χ3n) is 4.70. The van der Waals surface area contributed by atoms with Gasteiger partial charge in [0.15, 0.2) is 0 Å². The van der Waals surface area contributed by atoms with E-state index in [2.05, 4.69) is 29.0 Å². The summed E-state index contributed by atoms with van der Waals surface area (Å²) in [6, 6.07) is 5.75. The molecule has 0 saturated heterocycles. The Balaban J connectivity index is 2.02. The highest BCUT2D eigenvalue weighted by Gasteiger charge is 2.36. The summed E-state index contributed by atoms with van der Waals surface area (Å²) in [5, 5.41) is 20.6. The first kappa shape index (κ1) is 21.8. The molecule has 1 aliphatic rings. The fourth-order valence-corrected chi connectivity index (χ4v) is 2.92. The zero-order valence-electron chi connectivity index (χ0n) is 16.1. The Bertz CT molecular complexity index is 843. The Morgan fingerprint density at radius 1 is 1.29 bits per heavy atom. The Morgan fingerprint density at radius 2 is 1.96 bits per heavy atom. The second kappa shape index (κ2) is 9.66. The zero-order valence-corrected chi connectivity index (χ0v) is 16.9. The van der Waals surface area contributed by atoms with Gasteiger partial charge in [-0.3, -0.25) is 14.8 Å². The predicted octanol–water partition coefficient (Wildman–Crippen LogP) is 1.42. The van der Waals surface area contributed by atoms with E-state index in [1.165, 1.54) is 11.8 Å². The summed E-state index contributed by atoms with van der Waals surface area (Å²) in [5.74, 6) is 10.9. The van der Waals surface area contributed by atoms with Crippen molar-refractivity contribution in [2.24, 2.45) is 11.8 Å². The van der Waals surface area contributed by atoms with E-state index in [4.69, 9.17) is 10.3 Å². The molecule has 0 heterocycles. The van der Waals surface area contributed by atoms with Gasteiger partial charge in [-0.2, -0.15) is 11.8 Å². The SMILES string of the molecule is CSC(C)(C)[C@H](NC(=O)c1ccc(C#CC#C[C@H]2C[C@@H]2CO)cc1)C(=O)NO. The van der Waals surface area contributed by atoms with Gasteiger partial charge >= 0.3 is 0 Å². The summed E-state index contributed by atoms with van der Waals surface area (Å²) in [7, 11) is 0. The number of hydroxylamine groups is 1. The summed E-state index contributed by atoms with van der Waals surface area (Å²) in [6.07, 6.45) is 2.75. The van der Waals surface area contributed by atoms with Crippen molar-refractivity contribution >= 4 is 23.6 Å². The normalized spacial score (nSPS) is 18.6. The highest BCUT2D eigenvalue weighted by Crippen LogP contribution is 2.36.